The third-order valence-corrected chi connectivity index (χ3v) is 8.16. The Kier molecular flexibility index (Phi) is 10.2. The lowest BCUT2D eigenvalue weighted by atomic mass is 9.96. The number of amides is 1. The van der Waals surface area contributed by atoms with Crippen molar-refractivity contribution >= 4 is 28.4 Å². The van der Waals surface area contributed by atoms with Gasteiger partial charge in [0, 0.05) is 43.7 Å². The van der Waals surface area contributed by atoms with Crippen LogP contribution in [0.2, 0.25) is 0 Å². The molecule has 1 atom stereocenters. The molecule has 3 aromatic rings. The van der Waals surface area contributed by atoms with Gasteiger partial charge in [-0.15, -0.1) is 0 Å². The zero-order chi connectivity index (χ0) is 28.6. The number of likely N-dealkylation sites (N-methyl/N-ethyl adjacent to an activating group) is 1. The molecule has 1 amide bonds. The summed E-state index contributed by atoms with van der Waals surface area (Å²) in [5.74, 6) is 0.467. The summed E-state index contributed by atoms with van der Waals surface area (Å²) in [6.07, 6.45) is 15.7. The maximum atomic E-state index is 13.6. The first-order valence-corrected chi connectivity index (χ1v) is 14.9. The van der Waals surface area contributed by atoms with Gasteiger partial charge in [0.05, 0.1) is 11.6 Å². The molecule has 0 fully saturated rings. The van der Waals surface area contributed by atoms with Crippen LogP contribution >= 0.6 is 0 Å². The van der Waals surface area contributed by atoms with E-state index in [0.29, 0.717) is 24.4 Å². The molecule has 40 heavy (non-hydrogen) atoms. The molecule has 0 aliphatic carbocycles. The molecule has 0 N–H and O–H groups in total. The summed E-state index contributed by atoms with van der Waals surface area (Å²) in [4.78, 5) is 49.5. The van der Waals surface area contributed by atoms with Crippen LogP contribution in [0.3, 0.4) is 0 Å². The van der Waals surface area contributed by atoms with Crippen molar-refractivity contribution in [3.63, 3.8) is 0 Å². The summed E-state index contributed by atoms with van der Waals surface area (Å²) in [6.45, 7) is 5.20. The van der Waals surface area contributed by atoms with Crippen LogP contribution < -0.4 is 0 Å². The zero-order valence-corrected chi connectivity index (χ0v) is 24.5. The molecular formula is C32H43N5O3. The molecule has 1 aliphatic heterocycles. The molecule has 1 aromatic carbocycles. The Morgan fingerprint density at radius 2 is 1.55 bits per heavy atom. The molecule has 0 radical (unpaired) electrons. The molecule has 3 heterocycles. The van der Waals surface area contributed by atoms with Gasteiger partial charge in [0.2, 0.25) is 5.91 Å². The van der Waals surface area contributed by atoms with Gasteiger partial charge >= 0.3 is 0 Å². The van der Waals surface area contributed by atoms with Crippen LogP contribution in [0.4, 0.5) is 0 Å². The van der Waals surface area contributed by atoms with E-state index in [4.69, 9.17) is 0 Å². The van der Waals surface area contributed by atoms with E-state index in [0.717, 1.165) is 59.7 Å². The van der Waals surface area contributed by atoms with Gasteiger partial charge in [0.15, 0.2) is 11.6 Å². The minimum atomic E-state index is -0.432. The van der Waals surface area contributed by atoms with E-state index in [1.54, 1.807) is 29.0 Å². The number of hydrogen-bond donors (Lipinski definition) is 0. The molecule has 8 heteroatoms. The highest BCUT2D eigenvalue weighted by atomic mass is 16.2. The lowest BCUT2D eigenvalue weighted by molar-refractivity contribution is -0.138. The molecule has 0 saturated heterocycles. The number of hydrogen-bond acceptors (Lipinski definition) is 6. The van der Waals surface area contributed by atoms with Crippen molar-refractivity contribution in [3.05, 3.63) is 41.6 Å². The van der Waals surface area contributed by atoms with Gasteiger partial charge in [-0.3, -0.25) is 19.1 Å². The summed E-state index contributed by atoms with van der Waals surface area (Å²) in [6, 6.07) is 3.67. The van der Waals surface area contributed by atoms with E-state index in [-0.39, 0.29) is 24.0 Å². The van der Waals surface area contributed by atoms with Gasteiger partial charge in [-0.1, -0.05) is 58.3 Å². The molecule has 1 aliphatic rings. The van der Waals surface area contributed by atoms with E-state index >= 15 is 0 Å². The molecule has 0 saturated carbocycles. The van der Waals surface area contributed by atoms with Crippen molar-refractivity contribution in [3.8, 4) is 11.1 Å². The highest BCUT2D eigenvalue weighted by molar-refractivity contribution is 6.07. The van der Waals surface area contributed by atoms with Crippen LogP contribution in [-0.4, -0.2) is 55.2 Å². The summed E-state index contributed by atoms with van der Waals surface area (Å²) in [5.41, 5.74) is 4.05. The van der Waals surface area contributed by atoms with Crippen molar-refractivity contribution in [2.24, 2.45) is 0 Å². The van der Waals surface area contributed by atoms with E-state index in [9.17, 15) is 14.4 Å². The van der Waals surface area contributed by atoms with Crippen LogP contribution in [0.5, 0.6) is 0 Å². The van der Waals surface area contributed by atoms with Crippen molar-refractivity contribution in [2.45, 2.75) is 110 Å². The minimum absolute atomic E-state index is 0.0201. The molecule has 8 nitrogen and oxygen atoms in total. The lowest BCUT2D eigenvalue weighted by Crippen LogP contribution is -2.43. The van der Waals surface area contributed by atoms with Crippen LogP contribution in [0.15, 0.2) is 24.5 Å². The zero-order valence-electron chi connectivity index (χ0n) is 24.5. The first-order valence-electron chi connectivity index (χ1n) is 14.9. The van der Waals surface area contributed by atoms with Crippen LogP contribution in [0, 0.1) is 6.92 Å². The molecule has 4 rings (SSSR count). The number of benzene rings is 1. The quantitative estimate of drug-likeness (QED) is 0.359. The summed E-state index contributed by atoms with van der Waals surface area (Å²) in [5, 5.41) is 5.42. The van der Waals surface area contributed by atoms with Crippen molar-refractivity contribution in [1.82, 2.24) is 24.6 Å². The molecule has 214 valence electrons. The average molecular weight is 546 g/mol. The fraction of sp³-hybridized carbons (Fsp3) is 0.562. The number of nitrogens with zero attached hydrogens (tertiary/aromatic N) is 5. The number of ketones is 2. The van der Waals surface area contributed by atoms with E-state index in [1.165, 1.54) is 39.0 Å². The Labute approximate surface area is 237 Å². The number of carbonyl (C=O) groups excluding carboxylic acids is 3. The van der Waals surface area contributed by atoms with Crippen LogP contribution in [0.25, 0.3) is 22.0 Å². The molecule has 0 bridgehead atoms. The Hall–Kier alpha value is -3.42. The second-order valence-electron chi connectivity index (χ2n) is 11.2. The van der Waals surface area contributed by atoms with E-state index < -0.39 is 6.04 Å². The Bertz CT molecular complexity index is 1340. The number of aromatic nitrogens is 4. The maximum absolute atomic E-state index is 13.6. The molecule has 0 unspecified atom stereocenters. The average Bonchev–Trinajstić information content (AvgIpc) is 3.31. The lowest BCUT2D eigenvalue weighted by Gasteiger charge is -2.27. The van der Waals surface area contributed by atoms with Crippen molar-refractivity contribution in [1.29, 1.82) is 0 Å². The van der Waals surface area contributed by atoms with Gasteiger partial charge in [-0.25, -0.2) is 9.97 Å². The number of aryl methyl sites for hydroxylation is 2. The fourth-order valence-electron chi connectivity index (χ4n) is 5.79. The fourth-order valence-corrected chi connectivity index (χ4v) is 5.79. The minimum Gasteiger partial charge on any atom is -0.334 e. The highest BCUT2D eigenvalue weighted by Crippen LogP contribution is 2.31. The van der Waals surface area contributed by atoms with Gasteiger partial charge < -0.3 is 4.90 Å². The standard InChI is InChI=1S/C32H43N5O3/c1-5-29(39)28-16-14-12-10-8-6-7-9-11-13-15-24-17-25(26-19-33-23(3)34-20-26)18-27-31(22(2)38)35-37(32(24)27)21-30(40)36(28)4/h17-20,28H,5-16,21H2,1-4H3/t28-/m0/s1. The SMILES string of the molecule is CCC(=O)[C@@H]1CCCCCCCCCCCc2cc(-c3cnc(C)nc3)cc3c(C(C)=O)nn(c23)CC(=O)N1C. The number of rotatable bonds is 4. The van der Waals surface area contributed by atoms with E-state index in [2.05, 4.69) is 21.1 Å². The van der Waals surface area contributed by atoms with Crippen molar-refractivity contribution < 1.29 is 14.4 Å². The Balaban J connectivity index is 1.79. The molecule has 2 aromatic heterocycles. The summed E-state index contributed by atoms with van der Waals surface area (Å²) < 4.78 is 1.69. The maximum Gasteiger partial charge on any atom is 0.244 e. The van der Waals surface area contributed by atoms with Gasteiger partial charge in [-0.05, 0) is 49.4 Å². The van der Waals surface area contributed by atoms with Gasteiger partial charge in [-0.2, -0.15) is 5.10 Å². The third kappa shape index (κ3) is 7.01. The third-order valence-electron chi connectivity index (χ3n) is 8.16. The summed E-state index contributed by atoms with van der Waals surface area (Å²) >= 11 is 0. The van der Waals surface area contributed by atoms with Gasteiger partial charge in [0.25, 0.3) is 0 Å². The first-order chi connectivity index (χ1) is 19.3. The second-order valence-corrected chi connectivity index (χ2v) is 11.2. The normalized spacial score (nSPS) is 18.4. The monoisotopic (exact) mass is 545 g/mol. The van der Waals surface area contributed by atoms with Crippen molar-refractivity contribution in [2.75, 3.05) is 7.05 Å². The van der Waals surface area contributed by atoms with Crippen LogP contribution in [-0.2, 0) is 22.6 Å². The molecule has 0 spiro atoms. The second kappa shape index (κ2) is 13.8. The Morgan fingerprint density at radius 3 is 2.17 bits per heavy atom. The predicted molar refractivity (Wildman–Crippen MR) is 157 cm³/mol. The van der Waals surface area contributed by atoms with Gasteiger partial charge in [0.1, 0.15) is 18.1 Å². The first kappa shape index (κ1) is 29.6. The highest BCUT2D eigenvalue weighted by Gasteiger charge is 2.27. The Morgan fingerprint density at radius 1 is 0.925 bits per heavy atom. The topological polar surface area (TPSA) is 98.0 Å². The number of carbonyl (C=O) groups is 3. The van der Waals surface area contributed by atoms with Crippen LogP contribution in [0.1, 0.15) is 106 Å². The smallest absolute Gasteiger partial charge is 0.244 e. The molecular weight excluding hydrogens is 502 g/mol. The largest absolute Gasteiger partial charge is 0.334 e. The van der Waals surface area contributed by atoms with E-state index in [1.807, 2.05) is 19.9 Å². The summed E-state index contributed by atoms with van der Waals surface area (Å²) in [7, 11) is 1.73. The number of Topliss-reactive ketones (excluding diaryl/α,β-unsaturated/α-hetero) is 2. The predicted octanol–water partition coefficient (Wildman–Crippen LogP) is 6.27.